The van der Waals surface area contributed by atoms with Crippen molar-refractivity contribution in [3.8, 4) is 0 Å². The van der Waals surface area contributed by atoms with Crippen LogP contribution < -0.4 is 11.1 Å². The number of benzene rings is 2. The number of nitrogens with one attached hydrogen (secondary N) is 1. The largest absolute Gasteiger partial charge is 0.399 e. The van der Waals surface area contributed by atoms with Gasteiger partial charge < -0.3 is 16.2 Å². The minimum atomic E-state index is -0.0318. The van der Waals surface area contributed by atoms with Gasteiger partial charge in [0, 0.05) is 24.5 Å². The molecule has 1 saturated heterocycles. The lowest BCUT2D eigenvalue weighted by molar-refractivity contribution is -0.115. The van der Waals surface area contributed by atoms with E-state index in [-0.39, 0.29) is 5.91 Å². The Hall–Kier alpha value is -2.37. The van der Waals surface area contributed by atoms with E-state index in [1.165, 1.54) is 5.56 Å². The first-order chi connectivity index (χ1) is 12.6. The van der Waals surface area contributed by atoms with Gasteiger partial charge in [-0.25, -0.2) is 0 Å². The lowest BCUT2D eigenvalue weighted by atomic mass is 9.97. The number of nitrogens with two attached hydrogens (primary N) is 1. The molecule has 5 heteroatoms. The minimum Gasteiger partial charge on any atom is -0.399 e. The topological polar surface area (TPSA) is 78.6 Å². The number of nitrogens with zero attached hydrogens (tertiary/aromatic N) is 1. The molecule has 0 spiro atoms. The van der Waals surface area contributed by atoms with Crippen molar-refractivity contribution >= 4 is 17.3 Å². The number of piperidine rings is 1. The van der Waals surface area contributed by atoms with Crippen LogP contribution in [0.3, 0.4) is 0 Å². The predicted molar refractivity (Wildman–Crippen MR) is 105 cm³/mol. The van der Waals surface area contributed by atoms with E-state index in [4.69, 9.17) is 5.73 Å². The third kappa shape index (κ3) is 5.31. The molecule has 0 saturated carbocycles. The summed E-state index contributed by atoms with van der Waals surface area (Å²) >= 11 is 0. The van der Waals surface area contributed by atoms with E-state index in [0.29, 0.717) is 24.6 Å². The van der Waals surface area contributed by atoms with Crippen molar-refractivity contribution in [3.63, 3.8) is 0 Å². The SMILES string of the molecule is Nc1ccc(CC(=O)Nc2cccc(CN3CCC(CO)CC3)c2)cc1. The van der Waals surface area contributed by atoms with Crippen molar-refractivity contribution in [2.45, 2.75) is 25.8 Å². The fourth-order valence-electron chi connectivity index (χ4n) is 3.36. The van der Waals surface area contributed by atoms with Gasteiger partial charge >= 0.3 is 0 Å². The van der Waals surface area contributed by atoms with Crippen molar-refractivity contribution in [1.82, 2.24) is 4.90 Å². The Morgan fingerprint density at radius 3 is 2.54 bits per heavy atom. The quantitative estimate of drug-likeness (QED) is 0.698. The van der Waals surface area contributed by atoms with Gasteiger partial charge in [0.1, 0.15) is 0 Å². The molecule has 2 aromatic carbocycles. The third-order valence-electron chi connectivity index (χ3n) is 4.93. The highest BCUT2D eigenvalue weighted by molar-refractivity contribution is 5.92. The van der Waals surface area contributed by atoms with Gasteiger partial charge in [-0.1, -0.05) is 24.3 Å². The van der Waals surface area contributed by atoms with Crippen molar-refractivity contribution in [3.05, 3.63) is 59.7 Å². The van der Waals surface area contributed by atoms with Gasteiger partial charge in [-0.3, -0.25) is 9.69 Å². The van der Waals surface area contributed by atoms with Gasteiger partial charge in [-0.2, -0.15) is 0 Å². The Labute approximate surface area is 154 Å². The fraction of sp³-hybridized carbons (Fsp3) is 0.381. The third-order valence-corrected chi connectivity index (χ3v) is 4.93. The normalized spacial score (nSPS) is 15.7. The summed E-state index contributed by atoms with van der Waals surface area (Å²) < 4.78 is 0. The summed E-state index contributed by atoms with van der Waals surface area (Å²) in [6.45, 7) is 3.20. The zero-order valence-corrected chi connectivity index (χ0v) is 15.0. The van der Waals surface area contributed by atoms with Crippen LogP contribution in [0.15, 0.2) is 48.5 Å². The second kappa shape index (κ2) is 8.83. The Kier molecular flexibility index (Phi) is 6.26. The van der Waals surface area contributed by atoms with Crippen LogP contribution in [0.4, 0.5) is 11.4 Å². The number of carbonyl (C=O) groups is 1. The minimum absolute atomic E-state index is 0.0318. The van der Waals surface area contributed by atoms with Crippen LogP contribution in [0.5, 0.6) is 0 Å². The number of anilines is 2. The second-order valence-corrected chi connectivity index (χ2v) is 7.07. The maximum Gasteiger partial charge on any atom is 0.228 e. The first kappa shape index (κ1) is 18.4. The van der Waals surface area contributed by atoms with Crippen LogP contribution in [0.2, 0.25) is 0 Å². The molecule has 1 fully saturated rings. The van der Waals surface area contributed by atoms with E-state index in [1.807, 2.05) is 42.5 Å². The van der Waals surface area contributed by atoms with E-state index >= 15 is 0 Å². The van der Waals surface area contributed by atoms with Crippen LogP contribution in [-0.4, -0.2) is 35.6 Å². The summed E-state index contributed by atoms with van der Waals surface area (Å²) in [6, 6.07) is 15.4. The number of carbonyl (C=O) groups excluding carboxylic acids is 1. The van der Waals surface area contributed by atoms with Crippen molar-refractivity contribution in [2.75, 3.05) is 30.7 Å². The zero-order chi connectivity index (χ0) is 18.4. The molecule has 138 valence electrons. The lowest BCUT2D eigenvalue weighted by Crippen LogP contribution is -2.34. The van der Waals surface area contributed by atoms with E-state index < -0.39 is 0 Å². The maximum absolute atomic E-state index is 12.3. The highest BCUT2D eigenvalue weighted by atomic mass is 16.3. The molecule has 1 aliphatic rings. The van der Waals surface area contributed by atoms with Gasteiger partial charge in [0.05, 0.1) is 6.42 Å². The number of hydrogen-bond acceptors (Lipinski definition) is 4. The number of aliphatic hydroxyl groups excluding tert-OH is 1. The summed E-state index contributed by atoms with van der Waals surface area (Å²) in [6.07, 6.45) is 2.43. The predicted octanol–water partition coefficient (Wildman–Crippen LogP) is 2.65. The summed E-state index contributed by atoms with van der Waals surface area (Å²) in [7, 11) is 0. The molecule has 5 nitrogen and oxygen atoms in total. The average molecular weight is 353 g/mol. The average Bonchev–Trinajstić information content (AvgIpc) is 2.64. The van der Waals surface area contributed by atoms with Crippen molar-refractivity contribution < 1.29 is 9.90 Å². The first-order valence-electron chi connectivity index (χ1n) is 9.19. The molecule has 1 heterocycles. The highest BCUT2D eigenvalue weighted by Crippen LogP contribution is 2.20. The molecule has 2 aromatic rings. The Bertz CT molecular complexity index is 722. The second-order valence-electron chi connectivity index (χ2n) is 7.07. The van der Waals surface area contributed by atoms with E-state index in [2.05, 4.69) is 16.3 Å². The smallest absolute Gasteiger partial charge is 0.228 e. The molecule has 0 atom stereocenters. The van der Waals surface area contributed by atoms with Crippen LogP contribution in [-0.2, 0) is 17.8 Å². The molecule has 0 aromatic heterocycles. The molecular formula is C21H27N3O2. The molecule has 3 rings (SSSR count). The van der Waals surface area contributed by atoms with E-state index in [1.54, 1.807) is 0 Å². The number of hydrogen-bond donors (Lipinski definition) is 3. The van der Waals surface area contributed by atoms with E-state index in [0.717, 1.165) is 43.7 Å². The molecule has 4 N–H and O–H groups in total. The molecule has 1 aliphatic heterocycles. The van der Waals surface area contributed by atoms with Gasteiger partial charge in [0.25, 0.3) is 0 Å². The van der Waals surface area contributed by atoms with Gasteiger partial charge in [-0.05, 0) is 67.2 Å². The van der Waals surface area contributed by atoms with Crippen molar-refractivity contribution in [1.29, 1.82) is 0 Å². The summed E-state index contributed by atoms with van der Waals surface area (Å²) in [5, 5.41) is 12.2. The van der Waals surface area contributed by atoms with Crippen LogP contribution >= 0.6 is 0 Å². The van der Waals surface area contributed by atoms with Gasteiger partial charge in [0.2, 0.25) is 5.91 Å². The zero-order valence-electron chi connectivity index (χ0n) is 15.0. The fourth-order valence-corrected chi connectivity index (χ4v) is 3.36. The Balaban J connectivity index is 1.53. The molecular weight excluding hydrogens is 326 g/mol. The monoisotopic (exact) mass is 353 g/mol. The van der Waals surface area contributed by atoms with Crippen LogP contribution in [0, 0.1) is 5.92 Å². The number of rotatable bonds is 6. The molecule has 0 aliphatic carbocycles. The lowest BCUT2D eigenvalue weighted by Gasteiger charge is -2.31. The van der Waals surface area contributed by atoms with Crippen LogP contribution in [0.1, 0.15) is 24.0 Å². The summed E-state index contributed by atoms with van der Waals surface area (Å²) in [5.41, 5.74) is 9.34. The number of likely N-dealkylation sites (tertiary alicyclic amines) is 1. The molecule has 0 radical (unpaired) electrons. The first-order valence-corrected chi connectivity index (χ1v) is 9.19. The number of aliphatic hydroxyl groups is 1. The standard InChI is InChI=1S/C21H27N3O2/c22-19-6-4-16(5-7-19)13-21(26)23-20-3-1-2-18(12-20)14-24-10-8-17(15-25)9-11-24/h1-7,12,17,25H,8-11,13-15,22H2,(H,23,26). The molecule has 1 amide bonds. The van der Waals surface area contributed by atoms with Gasteiger partial charge in [0.15, 0.2) is 0 Å². The van der Waals surface area contributed by atoms with Gasteiger partial charge in [-0.15, -0.1) is 0 Å². The molecule has 0 bridgehead atoms. The summed E-state index contributed by atoms with van der Waals surface area (Å²) in [5.74, 6) is 0.417. The van der Waals surface area contributed by atoms with Crippen LogP contribution in [0.25, 0.3) is 0 Å². The molecule has 26 heavy (non-hydrogen) atoms. The van der Waals surface area contributed by atoms with E-state index in [9.17, 15) is 9.90 Å². The summed E-state index contributed by atoms with van der Waals surface area (Å²) in [4.78, 5) is 14.7. The maximum atomic E-state index is 12.3. The Morgan fingerprint density at radius 2 is 1.85 bits per heavy atom. The number of amides is 1. The Morgan fingerprint density at radius 1 is 1.12 bits per heavy atom. The van der Waals surface area contributed by atoms with Crippen molar-refractivity contribution in [2.24, 2.45) is 5.92 Å². The highest BCUT2D eigenvalue weighted by Gasteiger charge is 2.18. The molecule has 0 unspecified atom stereocenters. The number of nitrogen functional groups attached to an aromatic ring is 1.